The van der Waals surface area contributed by atoms with Crippen molar-refractivity contribution in [2.75, 3.05) is 19.0 Å². The number of rotatable bonds is 6. The summed E-state index contributed by atoms with van der Waals surface area (Å²) in [5.41, 5.74) is 3.57. The number of ether oxygens (including phenoxy) is 2. The molecule has 27 heavy (non-hydrogen) atoms. The van der Waals surface area contributed by atoms with Crippen LogP contribution >= 0.6 is 22.9 Å². The Morgan fingerprint density at radius 3 is 2.44 bits per heavy atom. The van der Waals surface area contributed by atoms with E-state index in [1.165, 1.54) is 11.3 Å². The molecule has 0 fully saturated rings. The first-order chi connectivity index (χ1) is 13.0. The Balaban J connectivity index is 1.59. The molecule has 2 aromatic carbocycles. The third-order valence-electron chi connectivity index (χ3n) is 3.92. The van der Waals surface area contributed by atoms with Gasteiger partial charge in [0.2, 0.25) is 0 Å². The minimum atomic E-state index is -0.268. The molecule has 3 rings (SSSR count). The zero-order valence-corrected chi connectivity index (χ0v) is 16.8. The van der Waals surface area contributed by atoms with E-state index in [4.69, 9.17) is 21.1 Å². The highest BCUT2D eigenvalue weighted by Gasteiger charge is 2.10. The number of amides is 1. The molecule has 0 saturated carbocycles. The lowest BCUT2D eigenvalue weighted by Crippen LogP contribution is -2.20. The van der Waals surface area contributed by atoms with E-state index >= 15 is 0 Å². The van der Waals surface area contributed by atoms with Crippen molar-refractivity contribution in [3.63, 3.8) is 0 Å². The number of nitrogens with one attached hydrogen (secondary N) is 1. The number of anilines is 1. The van der Waals surface area contributed by atoms with Gasteiger partial charge in [0.25, 0.3) is 5.91 Å². The molecule has 0 bridgehead atoms. The molecule has 140 valence electrons. The topological polar surface area (TPSA) is 60.5 Å². The van der Waals surface area contributed by atoms with Crippen molar-refractivity contribution >= 4 is 34.0 Å². The number of aromatic nitrogens is 1. The average Bonchev–Trinajstić information content (AvgIpc) is 3.12. The molecule has 3 aromatic rings. The van der Waals surface area contributed by atoms with E-state index in [0.717, 1.165) is 28.1 Å². The van der Waals surface area contributed by atoms with Crippen molar-refractivity contribution in [1.29, 1.82) is 0 Å². The number of methoxy groups -OCH3 is 1. The molecular formula is C20H19ClN2O3S. The summed E-state index contributed by atoms with van der Waals surface area (Å²) in [5, 5.41) is 5.89. The summed E-state index contributed by atoms with van der Waals surface area (Å²) in [7, 11) is 1.63. The highest BCUT2D eigenvalue weighted by atomic mass is 35.5. The molecule has 5 nitrogen and oxygen atoms in total. The van der Waals surface area contributed by atoms with E-state index < -0.39 is 0 Å². The van der Waals surface area contributed by atoms with Gasteiger partial charge in [-0.25, -0.2) is 4.98 Å². The lowest BCUT2D eigenvalue weighted by atomic mass is 10.1. The molecule has 0 atom stereocenters. The van der Waals surface area contributed by atoms with Gasteiger partial charge in [0, 0.05) is 16.0 Å². The first-order valence-electron chi connectivity index (χ1n) is 8.25. The number of aryl methyl sites for hydroxylation is 2. The summed E-state index contributed by atoms with van der Waals surface area (Å²) in [6.45, 7) is 3.70. The van der Waals surface area contributed by atoms with Crippen LogP contribution in [0.3, 0.4) is 0 Å². The Bertz CT molecular complexity index is 931. The highest BCUT2D eigenvalue weighted by Crippen LogP contribution is 2.27. The summed E-state index contributed by atoms with van der Waals surface area (Å²) >= 11 is 7.50. The molecule has 1 heterocycles. The second-order valence-corrected chi connectivity index (χ2v) is 7.21. The van der Waals surface area contributed by atoms with E-state index in [0.29, 0.717) is 15.9 Å². The third-order valence-corrected chi connectivity index (χ3v) is 5.27. The SMILES string of the molecule is COc1ccc(-c2csc(NC(=O)COc3cc(C)c(Cl)c(C)c3)n2)cc1. The second-order valence-electron chi connectivity index (χ2n) is 5.97. The van der Waals surface area contributed by atoms with Gasteiger partial charge in [0.15, 0.2) is 11.7 Å². The van der Waals surface area contributed by atoms with Gasteiger partial charge in [-0.2, -0.15) is 0 Å². The van der Waals surface area contributed by atoms with E-state index in [-0.39, 0.29) is 12.5 Å². The lowest BCUT2D eigenvalue weighted by molar-refractivity contribution is -0.118. The van der Waals surface area contributed by atoms with E-state index in [1.54, 1.807) is 7.11 Å². The normalized spacial score (nSPS) is 10.5. The number of thiazole rings is 1. The van der Waals surface area contributed by atoms with Crippen LogP contribution in [0.15, 0.2) is 41.8 Å². The van der Waals surface area contributed by atoms with Crippen molar-refractivity contribution in [2.24, 2.45) is 0 Å². The molecule has 7 heteroatoms. The Hall–Kier alpha value is -2.57. The minimum Gasteiger partial charge on any atom is -0.497 e. The van der Waals surface area contributed by atoms with Gasteiger partial charge >= 0.3 is 0 Å². The van der Waals surface area contributed by atoms with Gasteiger partial charge in [-0.05, 0) is 61.4 Å². The van der Waals surface area contributed by atoms with Gasteiger partial charge in [-0.3, -0.25) is 10.1 Å². The van der Waals surface area contributed by atoms with Gasteiger partial charge in [0.05, 0.1) is 12.8 Å². The largest absolute Gasteiger partial charge is 0.497 e. The lowest BCUT2D eigenvalue weighted by Gasteiger charge is -2.09. The van der Waals surface area contributed by atoms with Crippen LogP contribution in [0, 0.1) is 13.8 Å². The number of benzene rings is 2. The van der Waals surface area contributed by atoms with Crippen molar-refractivity contribution < 1.29 is 14.3 Å². The van der Waals surface area contributed by atoms with Gasteiger partial charge < -0.3 is 9.47 Å². The molecule has 0 aliphatic carbocycles. The predicted molar refractivity (Wildman–Crippen MR) is 109 cm³/mol. The standard InChI is InChI=1S/C20H19ClN2O3S/c1-12-8-16(9-13(2)19(12)21)26-10-18(24)23-20-22-17(11-27-20)14-4-6-15(25-3)7-5-14/h4-9,11H,10H2,1-3H3,(H,22,23,24). The molecule has 1 N–H and O–H groups in total. The Morgan fingerprint density at radius 1 is 1.15 bits per heavy atom. The average molecular weight is 403 g/mol. The van der Waals surface area contributed by atoms with Gasteiger partial charge in [0.1, 0.15) is 11.5 Å². The molecule has 0 unspecified atom stereocenters. The molecule has 0 aliphatic rings. The number of nitrogens with zero attached hydrogens (tertiary/aromatic N) is 1. The highest BCUT2D eigenvalue weighted by molar-refractivity contribution is 7.14. The number of hydrogen-bond acceptors (Lipinski definition) is 5. The molecule has 0 saturated heterocycles. The fraction of sp³-hybridized carbons (Fsp3) is 0.200. The van der Waals surface area contributed by atoms with Crippen LogP contribution in [0.2, 0.25) is 5.02 Å². The molecular weight excluding hydrogens is 384 g/mol. The number of carbonyl (C=O) groups is 1. The zero-order valence-electron chi connectivity index (χ0n) is 15.2. The number of carbonyl (C=O) groups excluding carboxylic acids is 1. The maximum atomic E-state index is 12.1. The van der Waals surface area contributed by atoms with Crippen molar-refractivity contribution in [3.8, 4) is 22.8 Å². The Morgan fingerprint density at radius 2 is 1.81 bits per heavy atom. The summed E-state index contributed by atoms with van der Waals surface area (Å²) in [4.78, 5) is 16.6. The molecule has 1 amide bonds. The van der Waals surface area contributed by atoms with Crippen LogP contribution < -0.4 is 14.8 Å². The predicted octanol–water partition coefficient (Wildman–Crippen LogP) is 5.11. The summed E-state index contributed by atoms with van der Waals surface area (Å²) in [6.07, 6.45) is 0. The second kappa shape index (κ2) is 8.41. The van der Waals surface area contributed by atoms with E-state index in [9.17, 15) is 4.79 Å². The maximum Gasteiger partial charge on any atom is 0.264 e. The molecule has 0 aliphatic heterocycles. The van der Waals surface area contributed by atoms with Crippen molar-refractivity contribution in [2.45, 2.75) is 13.8 Å². The third kappa shape index (κ3) is 4.78. The molecule has 0 spiro atoms. The zero-order chi connectivity index (χ0) is 19.4. The van der Waals surface area contributed by atoms with Crippen LogP contribution in [0.1, 0.15) is 11.1 Å². The number of hydrogen-bond donors (Lipinski definition) is 1. The van der Waals surface area contributed by atoms with Crippen LogP contribution in [0.4, 0.5) is 5.13 Å². The maximum absolute atomic E-state index is 12.1. The van der Waals surface area contributed by atoms with Gasteiger partial charge in [-0.15, -0.1) is 11.3 Å². The van der Waals surface area contributed by atoms with E-state index in [1.807, 2.05) is 55.6 Å². The Kier molecular flexibility index (Phi) is 5.98. The number of halogens is 1. The van der Waals surface area contributed by atoms with E-state index in [2.05, 4.69) is 10.3 Å². The van der Waals surface area contributed by atoms with Crippen molar-refractivity contribution in [3.05, 3.63) is 57.9 Å². The quantitative estimate of drug-likeness (QED) is 0.622. The minimum absolute atomic E-state index is 0.0992. The Labute approximate surface area is 166 Å². The molecule has 0 radical (unpaired) electrons. The first-order valence-corrected chi connectivity index (χ1v) is 9.51. The van der Waals surface area contributed by atoms with Crippen molar-refractivity contribution in [1.82, 2.24) is 4.98 Å². The fourth-order valence-electron chi connectivity index (χ4n) is 2.52. The van der Waals surface area contributed by atoms with Crippen LogP contribution in [0.25, 0.3) is 11.3 Å². The van der Waals surface area contributed by atoms with Crippen LogP contribution in [-0.2, 0) is 4.79 Å². The van der Waals surface area contributed by atoms with Crippen LogP contribution in [-0.4, -0.2) is 24.6 Å². The summed E-state index contributed by atoms with van der Waals surface area (Å²) < 4.78 is 10.7. The smallest absolute Gasteiger partial charge is 0.264 e. The summed E-state index contributed by atoms with van der Waals surface area (Å²) in [6, 6.07) is 11.2. The van der Waals surface area contributed by atoms with Gasteiger partial charge in [-0.1, -0.05) is 11.6 Å². The molecule has 1 aromatic heterocycles. The summed E-state index contributed by atoms with van der Waals surface area (Å²) in [5.74, 6) is 1.13. The first kappa shape index (κ1) is 19.2. The van der Waals surface area contributed by atoms with Crippen LogP contribution in [0.5, 0.6) is 11.5 Å². The fourth-order valence-corrected chi connectivity index (χ4v) is 3.36. The monoisotopic (exact) mass is 402 g/mol.